The Hall–Kier alpha value is -1.65. The fourth-order valence-corrected chi connectivity index (χ4v) is 1.18. The largest absolute Gasteiger partial charge is 0.512 e. The summed E-state index contributed by atoms with van der Waals surface area (Å²) in [5, 5.41) is 11.6. The van der Waals surface area contributed by atoms with Crippen LogP contribution in [0.1, 0.15) is 19.3 Å². The maximum absolute atomic E-state index is 11.3. The number of rotatable bonds is 1. The van der Waals surface area contributed by atoms with E-state index in [0.29, 0.717) is 19.3 Å². The van der Waals surface area contributed by atoms with E-state index >= 15 is 0 Å². The van der Waals surface area contributed by atoms with Crippen LogP contribution in [-0.2, 0) is 4.79 Å². The van der Waals surface area contributed by atoms with Gasteiger partial charge in [0.15, 0.2) is 5.78 Å². The van der Waals surface area contributed by atoms with Crippen LogP contribution < -0.4 is 5.32 Å². The van der Waals surface area contributed by atoms with Crippen LogP contribution in [0.2, 0.25) is 0 Å². The first-order valence-electron chi connectivity index (χ1n) is 4.36. The summed E-state index contributed by atoms with van der Waals surface area (Å²) in [7, 11) is 1.44. The monoisotopic (exact) mass is 196 g/mol. The van der Waals surface area contributed by atoms with Crippen LogP contribution in [-0.4, -0.2) is 30.2 Å². The second-order valence-corrected chi connectivity index (χ2v) is 2.95. The summed E-state index contributed by atoms with van der Waals surface area (Å²) in [6.07, 6.45) is 2.65. The third-order valence-corrected chi connectivity index (χ3v) is 1.95. The average molecular weight is 196 g/mol. The lowest BCUT2D eigenvalue weighted by Gasteiger charge is -2.10. The van der Waals surface area contributed by atoms with E-state index in [1.165, 1.54) is 7.05 Å². The van der Waals surface area contributed by atoms with Crippen molar-refractivity contribution < 1.29 is 14.7 Å². The van der Waals surface area contributed by atoms with Crippen LogP contribution in [0.4, 0.5) is 4.79 Å². The van der Waals surface area contributed by atoms with Gasteiger partial charge >= 0.3 is 6.03 Å². The van der Waals surface area contributed by atoms with Crippen LogP contribution in [0.3, 0.4) is 0 Å². The van der Waals surface area contributed by atoms with Gasteiger partial charge in [-0.25, -0.2) is 9.79 Å². The van der Waals surface area contributed by atoms with Crippen molar-refractivity contribution in [2.75, 3.05) is 7.05 Å². The van der Waals surface area contributed by atoms with E-state index in [1.807, 2.05) is 0 Å². The molecule has 1 aliphatic carbocycles. The summed E-state index contributed by atoms with van der Waals surface area (Å²) in [5.41, 5.74) is 0.153. The minimum atomic E-state index is -0.538. The topological polar surface area (TPSA) is 78.8 Å². The Morgan fingerprint density at radius 3 is 2.86 bits per heavy atom. The predicted octanol–water partition coefficient (Wildman–Crippen LogP) is 0.962. The fraction of sp³-hybridized carbons (Fsp3) is 0.444. The van der Waals surface area contributed by atoms with Crippen molar-refractivity contribution in [1.29, 1.82) is 0 Å². The van der Waals surface area contributed by atoms with Gasteiger partial charge in [-0.05, 0) is 6.42 Å². The van der Waals surface area contributed by atoms with E-state index in [4.69, 9.17) is 0 Å². The highest BCUT2D eigenvalue weighted by Crippen LogP contribution is 2.18. The fourth-order valence-electron chi connectivity index (χ4n) is 1.18. The van der Waals surface area contributed by atoms with Gasteiger partial charge in [0.2, 0.25) is 0 Å². The Kier molecular flexibility index (Phi) is 3.39. The van der Waals surface area contributed by atoms with Crippen molar-refractivity contribution in [2.45, 2.75) is 19.3 Å². The Morgan fingerprint density at radius 2 is 2.29 bits per heavy atom. The molecule has 5 heteroatoms. The van der Waals surface area contributed by atoms with E-state index in [2.05, 4.69) is 10.3 Å². The standard InChI is InChI=1S/C9H12N2O3/c1-10-9(14)11-5-6-7(12)3-2-4-8(6)13/h5,12H,2-4H2,1H3,(H,10,14). The molecule has 0 atom stereocenters. The van der Waals surface area contributed by atoms with Gasteiger partial charge in [0.1, 0.15) is 5.76 Å². The number of aliphatic hydroxyl groups excluding tert-OH is 1. The Balaban J connectivity index is 2.80. The number of urea groups is 1. The first kappa shape index (κ1) is 10.4. The molecule has 0 bridgehead atoms. The molecule has 0 aromatic rings. The van der Waals surface area contributed by atoms with Crippen LogP contribution in [0, 0.1) is 0 Å². The first-order chi connectivity index (χ1) is 6.65. The molecule has 2 N–H and O–H groups in total. The van der Waals surface area contributed by atoms with Crippen LogP contribution in [0.5, 0.6) is 0 Å². The quantitative estimate of drug-likeness (QED) is 0.613. The highest BCUT2D eigenvalue weighted by Gasteiger charge is 2.18. The number of hydrogen-bond acceptors (Lipinski definition) is 3. The third-order valence-electron chi connectivity index (χ3n) is 1.95. The molecular weight excluding hydrogens is 184 g/mol. The summed E-state index contributed by atoms with van der Waals surface area (Å²) >= 11 is 0. The molecule has 0 aliphatic heterocycles. The van der Waals surface area contributed by atoms with Gasteiger partial charge in [-0.15, -0.1) is 0 Å². The molecule has 5 nitrogen and oxygen atoms in total. The summed E-state index contributed by atoms with van der Waals surface area (Å²) in [6, 6.07) is -0.538. The van der Waals surface area contributed by atoms with Gasteiger partial charge in [-0.3, -0.25) is 4.79 Å². The second-order valence-electron chi connectivity index (χ2n) is 2.95. The van der Waals surface area contributed by atoms with Crippen LogP contribution in [0.15, 0.2) is 16.3 Å². The molecule has 0 saturated heterocycles. The summed E-state index contributed by atoms with van der Waals surface area (Å²) in [6.45, 7) is 0. The van der Waals surface area contributed by atoms with Crippen LogP contribution >= 0.6 is 0 Å². The number of aliphatic imine (C=N–C) groups is 1. The molecule has 0 spiro atoms. The van der Waals surface area contributed by atoms with Crippen molar-refractivity contribution in [3.63, 3.8) is 0 Å². The van der Waals surface area contributed by atoms with Gasteiger partial charge in [-0.1, -0.05) is 0 Å². The van der Waals surface area contributed by atoms with Crippen molar-refractivity contribution in [3.05, 3.63) is 11.3 Å². The normalized spacial score (nSPS) is 17.6. The molecule has 1 rings (SSSR count). The zero-order chi connectivity index (χ0) is 10.6. The molecule has 0 radical (unpaired) electrons. The van der Waals surface area contributed by atoms with E-state index in [-0.39, 0.29) is 17.1 Å². The maximum atomic E-state index is 11.3. The van der Waals surface area contributed by atoms with Gasteiger partial charge in [0.05, 0.1) is 5.57 Å². The molecule has 0 fully saturated rings. The summed E-state index contributed by atoms with van der Waals surface area (Å²) in [4.78, 5) is 25.5. The van der Waals surface area contributed by atoms with Crippen molar-refractivity contribution in [1.82, 2.24) is 5.32 Å². The number of nitrogens with zero attached hydrogens (tertiary/aromatic N) is 1. The molecular formula is C9H12N2O3. The summed E-state index contributed by atoms with van der Waals surface area (Å²) < 4.78 is 0. The maximum Gasteiger partial charge on any atom is 0.340 e. The smallest absolute Gasteiger partial charge is 0.340 e. The van der Waals surface area contributed by atoms with Crippen molar-refractivity contribution >= 4 is 18.0 Å². The molecule has 76 valence electrons. The number of carbonyl (C=O) groups excluding carboxylic acids is 2. The molecule has 0 unspecified atom stereocenters. The molecule has 0 heterocycles. The first-order valence-corrected chi connectivity index (χ1v) is 4.36. The minimum absolute atomic E-state index is 0.0221. The lowest BCUT2D eigenvalue weighted by Crippen LogP contribution is -2.16. The van der Waals surface area contributed by atoms with Gasteiger partial charge < -0.3 is 10.4 Å². The Bertz CT molecular complexity index is 318. The molecule has 2 amide bonds. The highest BCUT2D eigenvalue weighted by atomic mass is 16.3. The summed E-state index contributed by atoms with van der Waals surface area (Å²) in [5.74, 6) is -0.143. The predicted molar refractivity (Wildman–Crippen MR) is 51.5 cm³/mol. The number of aliphatic hydroxyl groups is 1. The van der Waals surface area contributed by atoms with Crippen molar-refractivity contribution in [2.24, 2.45) is 4.99 Å². The zero-order valence-corrected chi connectivity index (χ0v) is 7.91. The van der Waals surface area contributed by atoms with Crippen molar-refractivity contribution in [3.8, 4) is 0 Å². The number of allylic oxidation sites excluding steroid dienone is 2. The van der Waals surface area contributed by atoms with Crippen LogP contribution in [0.25, 0.3) is 0 Å². The second kappa shape index (κ2) is 4.55. The number of ketones is 1. The van der Waals surface area contributed by atoms with E-state index in [9.17, 15) is 14.7 Å². The SMILES string of the molecule is CNC(=O)N=CC1=C(O)CCCC1=O. The Morgan fingerprint density at radius 1 is 1.57 bits per heavy atom. The van der Waals surface area contributed by atoms with Gasteiger partial charge in [0.25, 0.3) is 0 Å². The molecule has 14 heavy (non-hydrogen) atoms. The number of nitrogens with one attached hydrogen (secondary N) is 1. The number of carbonyl (C=O) groups is 2. The molecule has 0 aromatic carbocycles. The highest BCUT2D eigenvalue weighted by molar-refractivity contribution is 6.15. The molecule has 0 aromatic heterocycles. The van der Waals surface area contributed by atoms with Gasteiger partial charge in [-0.2, -0.15) is 0 Å². The van der Waals surface area contributed by atoms with Gasteiger partial charge in [0, 0.05) is 26.1 Å². The zero-order valence-electron chi connectivity index (χ0n) is 7.91. The Labute approximate surface area is 81.5 Å². The number of amides is 2. The molecule has 0 saturated carbocycles. The van der Waals surface area contributed by atoms with E-state index < -0.39 is 6.03 Å². The lowest BCUT2D eigenvalue weighted by atomic mass is 9.97. The number of hydrogen-bond donors (Lipinski definition) is 2. The third kappa shape index (κ3) is 2.42. The number of Topliss-reactive ketones (excluding diaryl/α,β-unsaturated/α-hetero) is 1. The minimum Gasteiger partial charge on any atom is -0.512 e. The molecule has 1 aliphatic rings. The van der Waals surface area contributed by atoms with E-state index in [1.54, 1.807) is 0 Å². The lowest BCUT2D eigenvalue weighted by molar-refractivity contribution is -0.115. The average Bonchev–Trinajstić information content (AvgIpc) is 2.16. The van der Waals surface area contributed by atoms with E-state index in [0.717, 1.165) is 6.21 Å².